The maximum Gasteiger partial charge on any atom is 0.251 e. The number of aryl methyl sites for hydroxylation is 1. The van der Waals surface area contributed by atoms with Crippen LogP contribution in [0.2, 0.25) is 0 Å². The second-order valence-corrected chi connectivity index (χ2v) is 6.24. The average Bonchev–Trinajstić information content (AvgIpc) is 3.24. The topological polar surface area (TPSA) is 55.1 Å². The molecule has 1 saturated carbocycles. The van der Waals surface area contributed by atoms with E-state index in [9.17, 15) is 4.79 Å². The number of nitrogens with one attached hydrogen (secondary N) is 1. The van der Waals surface area contributed by atoms with Crippen LogP contribution in [0, 0.1) is 30.1 Å². The molecule has 21 heavy (non-hydrogen) atoms. The Labute approximate surface area is 127 Å². The molecule has 3 N–H and O–H groups in total. The smallest absolute Gasteiger partial charge is 0.251 e. The molecule has 1 aromatic rings. The van der Waals surface area contributed by atoms with Gasteiger partial charge in [0, 0.05) is 17.7 Å². The van der Waals surface area contributed by atoms with Gasteiger partial charge in [-0.25, -0.2) is 0 Å². The van der Waals surface area contributed by atoms with Crippen LogP contribution >= 0.6 is 0 Å². The maximum absolute atomic E-state index is 12.3. The number of amides is 1. The van der Waals surface area contributed by atoms with E-state index in [1.807, 2.05) is 25.1 Å². The molecule has 0 aromatic heterocycles. The summed E-state index contributed by atoms with van der Waals surface area (Å²) in [7, 11) is 0. The van der Waals surface area contributed by atoms with Gasteiger partial charge in [0.2, 0.25) is 0 Å². The van der Waals surface area contributed by atoms with Crippen molar-refractivity contribution in [2.45, 2.75) is 33.6 Å². The Balaban J connectivity index is 2.01. The summed E-state index contributed by atoms with van der Waals surface area (Å²) in [5.74, 6) is 6.47. The third-order valence-corrected chi connectivity index (χ3v) is 4.53. The average molecular weight is 284 g/mol. The van der Waals surface area contributed by atoms with Gasteiger partial charge in [-0.3, -0.25) is 4.79 Å². The van der Waals surface area contributed by atoms with Crippen LogP contribution in [-0.4, -0.2) is 19.0 Å². The summed E-state index contributed by atoms with van der Waals surface area (Å²) in [6.45, 7) is 7.55. The predicted octanol–water partition coefficient (Wildman–Crippen LogP) is 2.47. The van der Waals surface area contributed by atoms with Crippen LogP contribution in [0.3, 0.4) is 0 Å². The van der Waals surface area contributed by atoms with Crippen molar-refractivity contribution >= 4 is 5.91 Å². The molecule has 1 aromatic carbocycles. The third-order valence-electron chi connectivity index (χ3n) is 4.53. The number of carbonyl (C=O) groups is 1. The summed E-state index contributed by atoms with van der Waals surface area (Å²) in [5, 5.41) is 3.08. The van der Waals surface area contributed by atoms with Gasteiger partial charge >= 0.3 is 0 Å². The molecule has 0 bridgehead atoms. The summed E-state index contributed by atoms with van der Waals surface area (Å²) < 4.78 is 0. The number of nitrogens with two attached hydrogens (primary N) is 1. The molecule has 3 heteroatoms. The number of hydrogen-bond acceptors (Lipinski definition) is 2. The first-order chi connectivity index (χ1) is 9.98. The first kappa shape index (κ1) is 15.6. The summed E-state index contributed by atoms with van der Waals surface area (Å²) in [6.07, 6.45) is 2.44. The molecule has 3 nitrogen and oxygen atoms in total. The fourth-order valence-corrected chi connectivity index (χ4v) is 2.57. The molecule has 112 valence electrons. The molecule has 0 unspecified atom stereocenters. The maximum atomic E-state index is 12.3. The van der Waals surface area contributed by atoms with Crippen LogP contribution in [0.25, 0.3) is 0 Å². The van der Waals surface area contributed by atoms with Crippen molar-refractivity contribution in [1.29, 1.82) is 0 Å². The van der Waals surface area contributed by atoms with Gasteiger partial charge in [0.1, 0.15) is 0 Å². The molecule has 1 amide bonds. The molecule has 1 aliphatic carbocycles. The fraction of sp³-hybridized carbons (Fsp3) is 0.500. The Morgan fingerprint density at radius 3 is 2.67 bits per heavy atom. The fourth-order valence-electron chi connectivity index (χ4n) is 2.57. The molecule has 2 rings (SSSR count). The first-order valence-corrected chi connectivity index (χ1v) is 7.56. The predicted molar refractivity (Wildman–Crippen MR) is 85.9 cm³/mol. The molecular weight excluding hydrogens is 260 g/mol. The van der Waals surface area contributed by atoms with Crippen molar-refractivity contribution in [3.63, 3.8) is 0 Å². The van der Waals surface area contributed by atoms with Crippen LogP contribution in [0.15, 0.2) is 18.2 Å². The highest BCUT2D eigenvalue weighted by atomic mass is 16.1. The van der Waals surface area contributed by atoms with Gasteiger partial charge in [-0.2, -0.15) is 0 Å². The lowest BCUT2D eigenvalue weighted by Crippen LogP contribution is -2.32. The second kappa shape index (κ2) is 6.32. The Morgan fingerprint density at radius 1 is 1.43 bits per heavy atom. The van der Waals surface area contributed by atoms with Crippen molar-refractivity contribution < 1.29 is 4.79 Å². The van der Waals surface area contributed by atoms with E-state index in [1.54, 1.807) is 0 Å². The minimum absolute atomic E-state index is 0.00311. The quantitative estimate of drug-likeness (QED) is 0.835. The van der Waals surface area contributed by atoms with Crippen LogP contribution in [0.1, 0.15) is 48.2 Å². The lowest BCUT2D eigenvalue weighted by atomic mass is 9.92. The van der Waals surface area contributed by atoms with Crippen LogP contribution in [0.4, 0.5) is 0 Å². The van der Waals surface area contributed by atoms with Crippen molar-refractivity contribution in [3.05, 3.63) is 34.9 Å². The lowest BCUT2D eigenvalue weighted by molar-refractivity contribution is 0.0939. The lowest BCUT2D eigenvalue weighted by Gasteiger charge is -2.20. The van der Waals surface area contributed by atoms with Crippen molar-refractivity contribution in [2.75, 3.05) is 13.1 Å². The van der Waals surface area contributed by atoms with Gasteiger partial charge in [-0.1, -0.05) is 25.7 Å². The highest BCUT2D eigenvalue weighted by molar-refractivity contribution is 5.94. The van der Waals surface area contributed by atoms with Crippen molar-refractivity contribution in [2.24, 2.45) is 17.1 Å². The zero-order chi connectivity index (χ0) is 15.5. The SMILES string of the molecule is Cc1cc(C(=O)NCC2(C(C)C)CC2)ccc1C#CCN. The van der Waals surface area contributed by atoms with Gasteiger partial charge in [-0.05, 0) is 54.9 Å². The largest absolute Gasteiger partial charge is 0.351 e. The van der Waals surface area contributed by atoms with E-state index in [2.05, 4.69) is 31.0 Å². The molecule has 0 heterocycles. The number of rotatable bonds is 4. The third kappa shape index (κ3) is 3.65. The van der Waals surface area contributed by atoms with E-state index in [0.717, 1.165) is 17.7 Å². The monoisotopic (exact) mass is 284 g/mol. The molecule has 0 atom stereocenters. The summed E-state index contributed by atoms with van der Waals surface area (Å²) in [5.41, 5.74) is 8.34. The van der Waals surface area contributed by atoms with Crippen molar-refractivity contribution in [1.82, 2.24) is 5.32 Å². The Hall–Kier alpha value is -1.79. The van der Waals surface area contributed by atoms with E-state index in [1.165, 1.54) is 12.8 Å². The summed E-state index contributed by atoms with van der Waals surface area (Å²) in [6, 6.07) is 5.62. The molecule has 0 aliphatic heterocycles. The Morgan fingerprint density at radius 2 is 2.14 bits per heavy atom. The second-order valence-electron chi connectivity index (χ2n) is 6.24. The van der Waals surface area contributed by atoms with Gasteiger partial charge in [0.25, 0.3) is 5.91 Å². The van der Waals surface area contributed by atoms with Gasteiger partial charge < -0.3 is 11.1 Å². The van der Waals surface area contributed by atoms with E-state index >= 15 is 0 Å². The zero-order valence-corrected chi connectivity index (χ0v) is 13.1. The van der Waals surface area contributed by atoms with Gasteiger partial charge in [-0.15, -0.1) is 0 Å². The van der Waals surface area contributed by atoms with Crippen LogP contribution in [-0.2, 0) is 0 Å². The Bertz CT molecular complexity index is 589. The standard InChI is InChI=1S/C18H24N2O/c1-13(2)18(8-9-18)12-20-17(21)16-7-6-15(5-4-10-19)14(3)11-16/h6-7,11,13H,8-10,12,19H2,1-3H3,(H,20,21). The van der Waals surface area contributed by atoms with Crippen molar-refractivity contribution in [3.8, 4) is 11.8 Å². The molecular formula is C18H24N2O. The molecule has 0 spiro atoms. The summed E-state index contributed by atoms with van der Waals surface area (Å²) in [4.78, 5) is 12.3. The van der Waals surface area contributed by atoms with Gasteiger partial charge in [0.05, 0.1) is 6.54 Å². The molecule has 0 saturated heterocycles. The number of benzene rings is 1. The highest BCUT2D eigenvalue weighted by Crippen LogP contribution is 2.51. The molecule has 0 radical (unpaired) electrons. The zero-order valence-electron chi connectivity index (χ0n) is 13.1. The normalized spacial score (nSPS) is 15.3. The van der Waals surface area contributed by atoms with E-state index < -0.39 is 0 Å². The van der Waals surface area contributed by atoms with Gasteiger partial charge in [0.15, 0.2) is 0 Å². The minimum atomic E-state index is 0.00311. The van der Waals surface area contributed by atoms with E-state index in [0.29, 0.717) is 23.4 Å². The van der Waals surface area contributed by atoms with E-state index in [4.69, 9.17) is 5.73 Å². The summed E-state index contributed by atoms with van der Waals surface area (Å²) >= 11 is 0. The van der Waals surface area contributed by atoms with E-state index in [-0.39, 0.29) is 5.91 Å². The number of hydrogen-bond donors (Lipinski definition) is 2. The molecule has 1 aliphatic rings. The Kier molecular flexibility index (Phi) is 4.69. The first-order valence-electron chi connectivity index (χ1n) is 7.56. The van der Waals surface area contributed by atoms with Crippen LogP contribution < -0.4 is 11.1 Å². The number of carbonyl (C=O) groups excluding carboxylic acids is 1. The molecule has 1 fully saturated rings. The minimum Gasteiger partial charge on any atom is -0.351 e. The van der Waals surface area contributed by atoms with Crippen LogP contribution in [0.5, 0.6) is 0 Å². The highest BCUT2D eigenvalue weighted by Gasteiger charge is 2.45.